The first-order valence-corrected chi connectivity index (χ1v) is 10.7. The summed E-state index contributed by atoms with van der Waals surface area (Å²) in [5.41, 5.74) is 2.60. The van der Waals surface area contributed by atoms with Crippen molar-refractivity contribution in [1.82, 2.24) is 4.57 Å². The number of carbonyl (C=O) groups is 2. The van der Waals surface area contributed by atoms with Gasteiger partial charge in [-0.3, -0.25) is 14.9 Å². The zero-order valence-corrected chi connectivity index (χ0v) is 18.8. The van der Waals surface area contributed by atoms with Crippen molar-refractivity contribution in [2.45, 2.75) is 40.2 Å². The van der Waals surface area contributed by atoms with E-state index in [0.29, 0.717) is 23.7 Å². The molecule has 1 atom stereocenters. The molecule has 1 fully saturated rings. The molecule has 1 saturated heterocycles. The Balaban J connectivity index is 1.73. The van der Waals surface area contributed by atoms with Gasteiger partial charge >= 0.3 is 5.97 Å². The van der Waals surface area contributed by atoms with Gasteiger partial charge in [-0.1, -0.05) is 13.0 Å². The molecule has 0 N–H and O–H groups in total. The fraction of sp³-hybridized carbons (Fsp3) is 0.417. The summed E-state index contributed by atoms with van der Waals surface area (Å²) >= 11 is 0. The Morgan fingerprint density at radius 3 is 2.72 bits per heavy atom. The number of hydrogen-bond donors (Lipinski definition) is 0. The molecule has 8 nitrogen and oxygen atoms in total. The average molecular weight is 440 g/mol. The van der Waals surface area contributed by atoms with E-state index in [2.05, 4.69) is 13.5 Å². The summed E-state index contributed by atoms with van der Waals surface area (Å²) in [6.07, 6.45) is 3.81. The number of nitrogens with zero attached hydrogens (tertiary/aromatic N) is 3. The van der Waals surface area contributed by atoms with Gasteiger partial charge in [-0.05, 0) is 50.8 Å². The SMILES string of the molecule is C=CCn1c(C)cc(C(=O)COC(=O)c2ccc(N3CCC[C@@H](C)C3)c([N+](=O)[O-])c2)c1C. The second kappa shape index (κ2) is 9.80. The van der Waals surface area contributed by atoms with Crippen molar-refractivity contribution in [3.05, 3.63) is 69.5 Å². The molecule has 0 radical (unpaired) electrons. The number of nitro benzene ring substituents is 1. The summed E-state index contributed by atoms with van der Waals surface area (Å²) in [4.78, 5) is 38.3. The lowest BCUT2D eigenvalue weighted by Gasteiger charge is -2.32. The minimum absolute atomic E-state index is 0.0513. The van der Waals surface area contributed by atoms with Crippen LogP contribution in [0.2, 0.25) is 0 Å². The highest BCUT2D eigenvalue weighted by molar-refractivity contribution is 6.00. The van der Waals surface area contributed by atoms with Crippen LogP contribution < -0.4 is 4.90 Å². The normalized spacial score (nSPS) is 16.0. The van der Waals surface area contributed by atoms with Gasteiger partial charge in [0.05, 0.1) is 10.5 Å². The maximum Gasteiger partial charge on any atom is 0.338 e. The summed E-state index contributed by atoms with van der Waals surface area (Å²) in [6.45, 7) is 11.2. The standard InChI is InChI=1S/C24H29N3O5/c1-5-10-26-17(3)12-20(18(26)4)23(28)15-32-24(29)19-8-9-21(22(13-19)27(30)31)25-11-6-7-16(2)14-25/h5,8-9,12-13,16H,1,6-7,10-11,14-15H2,2-4H3/t16-/m1/s1. The molecule has 0 amide bonds. The van der Waals surface area contributed by atoms with Crippen molar-refractivity contribution in [1.29, 1.82) is 0 Å². The number of carbonyl (C=O) groups excluding carboxylic acids is 2. The summed E-state index contributed by atoms with van der Waals surface area (Å²) in [5.74, 6) is -0.637. The summed E-state index contributed by atoms with van der Waals surface area (Å²) < 4.78 is 7.14. The van der Waals surface area contributed by atoms with Gasteiger partial charge in [0.15, 0.2) is 6.61 Å². The highest BCUT2D eigenvalue weighted by Crippen LogP contribution is 2.32. The summed E-state index contributed by atoms with van der Waals surface area (Å²) in [5, 5.41) is 11.7. The van der Waals surface area contributed by atoms with Gasteiger partial charge < -0.3 is 14.2 Å². The van der Waals surface area contributed by atoms with Crippen molar-refractivity contribution < 1.29 is 19.2 Å². The molecule has 2 heterocycles. The van der Waals surface area contributed by atoms with Crippen molar-refractivity contribution in [2.75, 3.05) is 24.6 Å². The molecular weight excluding hydrogens is 410 g/mol. The molecule has 3 rings (SSSR count). The zero-order valence-electron chi connectivity index (χ0n) is 18.8. The van der Waals surface area contributed by atoms with E-state index in [9.17, 15) is 19.7 Å². The number of hydrogen-bond acceptors (Lipinski definition) is 6. The first-order chi connectivity index (χ1) is 15.2. The van der Waals surface area contributed by atoms with E-state index in [-0.39, 0.29) is 17.0 Å². The van der Waals surface area contributed by atoms with E-state index >= 15 is 0 Å². The number of anilines is 1. The van der Waals surface area contributed by atoms with Gasteiger partial charge in [0.25, 0.3) is 5.69 Å². The quantitative estimate of drug-likeness (QED) is 0.198. The van der Waals surface area contributed by atoms with Crippen LogP contribution in [0.15, 0.2) is 36.9 Å². The van der Waals surface area contributed by atoms with E-state index in [1.54, 1.807) is 18.2 Å². The van der Waals surface area contributed by atoms with Crippen LogP contribution in [0, 0.1) is 29.9 Å². The van der Waals surface area contributed by atoms with E-state index in [0.717, 1.165) is 37.3 Å². The number of esters is 1. The number of aromatic nitrogens is 1. The van der Waals surface area contributed by atoms with Crippen LogP contribution in [0.5, 0.6) is 0 Å². The Morgan fingerprint density at radius 2 is 2.06 bits per heavy atom. The molecule has 0 aliphatic carbocycles. The number of benzene rings is 1. The zero-order chi connectivity index (χ0) is 23.4. The molecule has 170 valence electrons. The second-order valence-electron chi connectivity index (χ2n) is 8.34. The third kappa shape index (κ3) is 4.90. The molecule has 0 saturated carbocycles. The number of ether oxygens (including phenoxy) is 1. The molecule has 1 aromatic heterocycles. The Labute approximate surface area is 187 Å². The molecule has 1 aliphatic rings. The maximum absolute atomic E-state index is 12.6. The van der Waals surface area contributed by atoms with E-state index in [1.807, 2.05) is 23.3 Å². The first kappa shape index (κ1) is 23.2. The predicted octanol–water partition coefficient (Wildman–Crippen LogP) is 4.48. The largest absolute Gasteiger partial charge is 0.454 e. The number of rotatable bonds is 8. The Bertz CT molecular complexity index is 1060. The van der Waals surface area contributed by atoms with Crippen LogP contribution in [-0.2, 0) is 11.3 Å². The molecule has 8 heteroatoms. The van der Waals surface area contributed by atoms with Crippen molar-refractivity contribution in [3.8, 4) is 0 Å². The van der Waals surface area contributed by atoms with Crippen molar-refractivity contribution >= 4 is 23.1 Å². The number of Topliss-reactive ketones (excluding diaryl/α,β-unsaturated/α-hetero) is 1. The fourth-order valence-corrected chi connectivity index (χ4v) is 4.26. The molecule has 32 heavy (non-hydrogen) atoms. The Morgan fingerprint density at radius 1 is 1.31 bits per heavy atom. The third-order valence-corrected chi connectivity index (χ3v) is 5.93. The Kier molecular flexibility index (Phi) is 7.12. The van der Waals surface area contributed by atoms with Crippen LogP contribution in [0.25, 0.3) is 0 Å². The second-order valence-corrected chi connectivity index (χ2v) is 8.34. The molecule has 1 aliphatic heterocycles. The molecule has 0 unspecified atom stereocenters. The van der Waals surface area contributed by atoms with Crippen LogP contribution in [-0.4, -0.2) is 40.9 Å². The first-order valence-electron chi connectivity index (χ1n) is 10.7. The van der Waals surface area contributed by atoms with Gasteiger partial charge in [0, 0.05) is 42.7 Å². The molecule has 0 spiro atoms. The van der Waals surface area contributed by atoms with E-state index in [1.165, 1.54) is 12.1 Å². The molecule has 0 bridgehead atoms. The van der Waals surface area contributed by atoms with Crippen LogP contribution in [0.4, 0.5) is 11.4 Å². The molecular formula is C24H29N3O5. The third-order valence-electron chi connectivity index (χ3n) is 5.93. The predicted molar refractivity (Wildman–Crippen MR) is 122 cm³/mol. The van der Waals surface area contributed by atoms with Crippen LogP contribution in [0.3, 0.4) is 0 Å². The number of nitro groups is 1. The van der Waals surface area contributed by atoms with Gasteiger partial charge in [-0.2, -0.15) is 0 Å². The van der Waals surface area contributed by atoms with Gasteiger partial charge in [-0.15, -0.1) is 6.58 Å². The maximum atomic E-state index is 12.6. The topological polar surface area (TPSA) is 94.7 Å². The van der Waals surface area contributed by atoms with Crippen LogP contribution >= 0.6 is 0 Å². The number of ketones is 1. The van der Waals surface area contributed by atoms with Gasteiger partial charge in [-0.25, -0.2) is 4.79 Å². The summed E-state index contributed by atoms with van der Waals surface area (Å²) in [6, 6.07) is 6.10. The van der Waals surface area contributed by atoms with Gasteiger partial charge in [0.1, 0.15) is 5.69 Å². The Hall–Kier alpha value is -3.42. The number of aryl methyl sites for hydroxylation is 1. The highest BCUT2D eigenvalue weighted by Gasteiger charge is 2.26. The highest BCUT2D eigenvalue weighted by atomic mass is 16.6. The summed E-state index contributed by atoms with van der Waals surface area (Å²) in [7, 11) is 0. The monoisotopic (exact) mass is 439 g/mol. The van der Waals surface area contributed by atoms with Crippen molar-refractivity contribution in [3.63, 3.8) is 0 Å². The smallest absolute Gasteiger partial charge is 0.338 e. The fourth-order valence-electron chi connectivity index (χ4n) is 4.26. The van der Waals surface area contributed by atoms with E-state index in [4.69, 9.17) is 4.74 Å². The lowest BCUT2D eigenvalue weighted by molar-refractivity contribution is -0.384. The lowest BCUT2D eigenvalue weighted by Crippen LogP contribution is -2.34. The lowest BCUT2D eigenvalue weighted by atomic mass is 9.99. The number of piperidine rings is 1. The average Bonchev–Trinajstić information content (AvgIpc) is 3.05. The van der Waals surface area contributed by atoms with Crippen LogP contribution in [0.1, 0.15) is 51.9 Å². The minimum Gasteiger partial charge on any atom is -0.454 e. The molecule has 2 aromatic rings. The molecule has 1 aromatic carbocycles. The van der Waals surface area contributed by atoms with Crippen molar-refractivity contribution in [2.24, 2.45) is 5.92 Å². The van der Waals surface area contributed by atoms with Gasteiger partial charge in [0.2, 0.25) is 5.78 Å². The minimum atomic E-state index is -0.764. The number of allylic oxidation sites excluding steroid dienone is 1. The van der Waals surface area contributed by atoms with E-state index < -0.39 is 17.5 Å².